The quantitative estimate of drug-likeness (QED) is 0.444. The van der Waals surface area contributed by atoms with Crippen molar-refractivity contribution in [3.05, 3.63) is 0 Å². The summed E-state index contributed by atoms with van der Waals surface area (Å²) in [7, 11) is 0. The summed E-state index contributed by atoms with van der Waals surface area (Å²) in [5, 5.41) is 1.23. The highest BCUT2D eigenvalue weighted by Crippen LogP contribution is 2.46. The Morgan fingerprint density at radius 2 is 1.72 bits per heavy atom. The first-order valence-electron chi connectivity index (χ1n) is 8.25. The van der Waals surface area contributed by atoms with Gasteiger partial charge in [0.25, 0.3) is 0 Å². The molecule has 1 saturated carbocycles. The largest absolute Gasteiger partial charge is 0.0922 e. The van der Waals surface area contributed by atoms with Crippen molar-refractivity contribution in [1.29, 1.82) is 0 Å². The summed E-state index contributed by atoms with van der Waals surface area (Å²) in [6, 6.07) is 0. The molecule has 0 radical (unpaired) electrons. The van der Waals surface area contributed by atoms with Gasteiger partial charge in [0.1, 0.15) is 0 Å². The van der Waals surface area contributed by atoms with Crippen molar-refractivity contribution in [2.45, 2.75) is 85.0 Å². The molecule has 1 aliphatic carbocycles. The molecule has 0 atom stereocenters. The minimum absolute atomic E-state index is 0.638. The summed E-state index contributed by atoms with van der Waals surface area (Å²) >= 11 is 3.83. The van der Waals surface area contributed by atoms with Crippen LogP contribution in [0.3, 0.4) is 0 Å². The first kappa shape index (κ1) is 16.5. The third-order valence-corrected chi connectivity index (χ3v) is 6.48. The van der Waals surface area contributed by atoms with Crippen LogP contribution in [-0.4, -0.2) is 5.33 Å². The first-order chi connectivity index (χ1) is 8.69. The molecular formula is C17H33Br. The molecule has 0 heterocycles. The molecule has 0 aliphatic heterocycles. The molecule has 0 N–H and O–H groups in total. The van der Waals surface area contributed by atoms with Gasteiger partial charge in [-0.05, 0) is 49.4 Å². The van der Waals surface area contributed by atoms with E-state index in [0.29, 0.717) is 5.41 Å². The number of alkyl halides is 1. The van der Waals surface area contributed by atoms with Crippen molar-refractivity contribution in [3.63, 3.8) is 0 Å². The fourth-order valence-corrected chi connectivity index (χ4v) is 4.44. The fraction of sp³-hybridized carbons (Fsp3) is 1.00. The van der Waals surface area contributed by atoms with Gasteiger partial charge in [-0.1, -0.05) is 68.8 Å². The summed E-state index contributed by atoms with van der Waals surface area (Å²) in [5.74, 6) is 1.99. The smallest absolute Gasteiger partial charge is 0.00880 e. The van der Waals surface area contributed by atoms with Crippen LogP contribution in [-0.2, 0) is 0 Å². The second-order valence-corrected chi connectivity index (χ2v) is 7.17. The zero-order valence-corrected chi connectivity index (χ0v) is 14.4. The van der Waals surface area contributed by atoms with Gasteiger partial charge >= 0.3 is 0 Å². The molecule has 0 amide bonds. The van der Waals surface area contributed by atoms with E-state index >= 15 is 0 Å². The Bertz CT molecular complexity index is 200. The van der Waals surface area contributed by atoms with Crippen LogP contribution >= 0.6 is 15.9 Å². The molecule has 0 bridgehead atoms. The monoisotopic (exact) mass is 316 g/mol. The topological polar surface area (TPSA) is 0 Å². The lowest BCUT2D eigenvalue weighted by molar-refractivity contribution is 0.131. The van der Waals surface area contributed by atoms with Gasteiger partial charge in [-0.15, -0.1) is 0 Å². The highest BCUT2D eigenvalue weighted by atomic mass is 79.9. The van der Waals surface area contributed by atoms with Gasteiger partial charge in [0.15, 0.2) is 0 Å². The molecule has 0 aromatic heterocycles. The van der Waals surface area contributed by atoms with Crippen molar-refractivity contribution in [2.24, 2.45) is 17.3 Å². The van der Waals surface area contributed by atoms with Crippen LogP contribution in [0, 0.1) is 17.3 Å². The molecule has 1 rings (SSSR count). The van der Waals surface area contributed by atoms with E-state index in [1.807, 2.05) is 0 Å². The lowest BCUT2D eigenvalue weighted by Crippen LogP contribution is -2.31. The molecule has 1 heteroatoms. The first-order valence-corrected chi connectivity index (χ1v) is 9.37. The third-order valence-electron chi connectivity index (χ3n) is 5.29. The van der Waals surface area contributed by atoms with Gasteiger partial charge < -0.3 is 0 Å². The van der Waals surface area contributed by atoms with E-state index in [2.05, 4.69) is 36.7 Å². The van der Waals surface area contributed by atoms with Crippen LogP contribution in [0.1, 0.15) is 85.0 Å². The van der Waals surface area contributed by atoms with Gasteiger partial charge in [-0.25, -0.2) is 0 Å². The lowest BCUT2D eigenvalue weighted by atomic mass is 9.66. The molecule has 0 saturated heterocycles. The zero-order valence-electron chi connectivity index (χ0n) is 12.8. The Morgan fingerprint density at radius 1 is 1.11 bits per heavy atom. The summed E-state index contributed by atoms with van der Waals surface area (Å²) in [4.78, 5) is 0. The Kier molecular flexibility index (Phi) is 7.91. The van der Waals surface area contributed by atoms with E-state index in [0.717, 1.165) is 11.8 Å². The molecule has 0 unspecified atom stereocenters. The Hall–Kier alpha value is 0.480. The summed E-state index contributed by atoms with van der Waals surface area (Å²) < 4.78 is 0. The maximum Gasteiger partial charge on any atom is 0.00880 e. The van der Waals surface area contributed by atoms with Crippen LogP contribution in [0.5, 0.6) is 0 Å². The molecule has 0 spiro atoms. The molecule has 0 aromatic carbocycles. The van der Waals surface area contributed by atoms with E-state index < -0.39 is 0 Å². The van der Waals surface area contributed by atoms with Crippen molar-refractivity contribution >= 4 is 15.9 Å². The summed E-state index contributed by atoms with van der Waals surface area (Å²) in [5.41, 5.74) is 0.638. The van der Waals surface area contributed by atoms with Crippen LogP contribution in [0.2, 0.25) is 0 Å². The standard InChI is InChI=1S/C17H33Br/c1-4-7-8-16-9-11-17(14-18,12-10-16)13-15(5-2)6-3/h15-16H,4-14H2,1-3H3. The molecular weight excluding hydrogens is 284 g/mol. The van der Waals surface area contributed by atoms with Crippen LogP contribution in [0.4, 0.5) is 0 Å². The van der Waals surface area contributed by atoms with E-state index in [4.69, 9.17) is 0 Å². The van der Waals surface area contributed by atoms with Crippen LogP contribution < -0.4 is 0 Å². The SMILES string of the molecule is CCCCC1CCC(CBr)(CC(CC)CC)CC1. The van der Waals surface area contributed by atoms with Gasteiger partial charge in [-0.2, -0.15) is 0 Å². The molecule has 108 valence electrons. The maximum absolute atomic E-state index is 3.83. The van der Waals surface area contributed by atoms with Crippen molar-refractivity contribution in [3.8, 4) is 0 Å². The highest BCUT2D eigenvalue weighted by molar-refractivity contribution is 9.09. The van der Waals surface area contributed by atoms with E-state index in [1.165, 1.54) is 69.5 Å². The molecule has 0 nitrogen and oxygen atoms in total. The predicted molar refractivity (Wildman–Crippen MR) is 86.4 cm³/mol. The lowest BCUT2D eigenvalue weighted by Gasteiger charge is -2.41. The molecule has 0 aromatic rings. The van der Waals surface area contributed by atoms with Gasteiger partial charge in [0, 0.05) is 5.33 Å². The molecule has 18 heavy (non-hydrogen) atoms. The summed E-state index contributed by atoms with van der Waals surface area (Å²) in [6.45, 7) is 7.05. The number of halogens is 1. The number of hydrogen-bond acceptors (Lipinski definition) is 0. The van der Waals surface area contributed by atoms with Crippen LogP contribution in [0.15, 0.2) is 0 Å². The number of unbranched alkanes of at least 4 members (excludes halogenated alkanes) is 1. The Balaban J connectivity index is 2.43. The van der Waals surface area contributed by atoms with Gasteiger partial charge in [-0.3, -0.25) is 0 Å². The van der Waals surface area contributed by atoms with Crippen molar-refractivity contribution in [2.75, 3.05) is 5.33 Å². The molecule has 1 aliphatic rings. The molecule has 1 fully saturated rings. The Morgan fingerprint density at radius 3 is 2.17 bits per heavy atom. The predicted octanol–water partition coefficient (Wildman–Crippen LogP) is 6.57. The van der Waals surface area contributed by atoms with E-state index in [-0.39, 0.29) is 0 Å². The minimum Gasteiger partial charge on any atom is -0.0922 e. The minimum atomic E-state index is 0.638. The normalized spacial score (nSPS) is 28.8. The average molecular weight is 317 g/mol. The average Bonchev–Trinajstić information content (AvgIpc) is 2.44. The van der Waals surface area contributed by atoms with E-state index in [9.17, 15) is 0 Å². The second kappa shape index (κ2) is 8.61. The summed E-state index contributed by atoms with van der Waals surface area (Å²) in [6.07, 6.45) is 14.4. The Labute approximate surface area is 123 Å². The zero-order chi connectivity index (χ0) is 13.4. The number of hydrogen-bond donors (Lipinski definition) is 0. The van der Waals surface area contributed by atoms with Crippen LogP contribution in [0.25, 0.3) is 0 Å². The second-order valence-electron chi connectivity index (χ2n) is 6.61. The third kappa shape index (κ3) is 4.87. The van der Waals surface area contributed by atoms with Crippen molar-refractivity contribution in [1.82, 2.24) is 0 Å². The fourth-order valence-electron chi connectivity index (χ4n) is 3.65. The number of rotatable bonds is 8. The van der Waals surface area contributed by atoms with Crippen molar-refractivity contribution < 1.29 is 0 Å². The highest BCUT2D eigenvalue weighted by Gasteiger charge is 2.35. The van der Waals surface area contributed by atoms with Gasteiger partial charge in [0.2, 0.25) is 0 Å². The maximum atomic E-state index is 3.83. The van der Waals surface area contributed by atoms with E-state index in [1.54, 1.807) is 0 Å². The van der Waals surface area contributed by atoms with Gasteiger partial charge in [0.05, 0.1) is 0 Å².